The maximum absolute atomic E-state index is 12.3. The number of nitrogens with one attached hydrogen (secondary N) is 2. The molecule has 2 amide bonds. The van der Waals surface area contributed by atoms with Crippen LogP contribution in [-0.2, 0) is 6.54 Å². The summed E-state index contributed by atoms with van der Waals surface area (Å²) in [5.74, 6) is 0.384. The minimum atomic E-state index is -2.50. The van der Waals surface area contributed by atoms with Gasteiger partial charge in [-0.15, -0.1) is 0 Å². The van der Waals surface area contributed by atoms with E-state index < -0.39 is 24.5 Å². The highest BCUT2D eigenvalue weighted by Gasteiger charge is 2.43. The number of amides is 2. The molecule has 136 valence electrons. The van der Waals surface area contributed by atoms with Gasteiger partial charge in [0.15, 0.2) is 0 Å². The molecule has 2 atom stereocenters. The zero-order chi connectivity index (χ0) is 18.0. The van der Waals surface area contributed by atoms with Gasteiger partial charge in [0.2, 0.25) is 0 Å². The van der Waals surface area contributed by atoms with E-state index in [-0.39, 0.29) is 12.0 Å². The SMILES string of the molecule is CC1CC(C)(C)CC(CO)(NC(=O)Nc2cnn(CC(F)F)c2)C1. The van der Waals surface area contributed by atoms with E-state index in [9.17, 15) is 18.7 Å². The molecular weight excluding hydrogens is 318 g/mol. The number of hydrogen-bond acceptors (Lipinski definition) is 3. The third-order valence-corrected chi connectivity index (χ3v) is 4.35. The third kappa shape index (κ3) is 4.90. The van der Waals surface area contributed by atoms with Gasteiger partial charge in [0.05, 0.1) is 24.0 Å². The molecule has 3 N–H and O–H groups in total. The van der Waals surface area contributed by atoms with Crippen LogP contribution in [0.15, 0.2) is 12.4 Å². The van der Waals surface area contributed by atoms with Gasteiger partial charge in [0, 0.05) is 6.20 Å². The van der Waals surface area contributed by atoms with Crippen LogP contribution >= 0.6 is 0 Å². The van der Waals surface area contributed by atoms with Gasteiger partial charge in [-0.1, -0.05) is 20.8 Å². The summed E-state index contributed by atoms with van der Waals surface area (Å²) in [5.41, 5.74) is -0.315. The molecule has 2 rings (SSSR count). The van der Waals surface area contributed by atoms with E-state index in [1.807, 2.05) is 0 Å². The normalized spacial score (nSPS) is 26.4. The molecule has 0 aromatic carbocycles. The van der Waals surface area contributed by atoms with E-state index in [0.717, 1.165) is 11.1 Å². The lowest BCUT2D eigenvalue weighted by molar-refractivity contribution is 0.0446. The number of alkyl halides is 2. The number of aliphatic hydroxyl groups excluding tert-OH is 1. The summed E-state index contributed by atoms with van der Waals surface area (Å²) in [6.07, 6.45) is 2.59. The van der Waals surface area contributed by atoms with Gasteiger partial charge in [-0.05, 0) is 30.6 Å². The van der Waals surface area contributed by atoms with E-state index in [0.29, 0.717) is 24.4 Å². The van der Waals surface area contributed by atoms with Gasteiger partial charge in [-0.3, -0.25) is 4.68 Å². The molecule has 0 radical (unpaired) electrons. The molecule has 2 unspecified atom stereocenters. The molecule has 1 aliphatic rings. The smallest absolute Gasteiger partial charge is 0.319 e. The first kappa shape index (κ1) is 18.6. The molecule has 0 spiro atoms. The van der Waals surface area contributed by atoms with Gasteiger partial charge in [0.1, 0.15) is 6.54 Å². The Morgan fingerprint density at radius 2 is 2.21 bits per heavy atom. The van der Waals surface area contributed by atoms with Gasteiger partial charge >= 0.3 is 6.03 Å². The predicted octanol–water partition coefficient (Wildman–Crippen LogP) is 2.85. The van der Waals surface area contributed by atoms with Crippen LogP contribution in [0.1, 0.15) is 40.0 Å². The Kier molecular flexibility index (Phi) is 5.47. The summed E-state index contributed by atoms with van der Waals surface area (Å²) in [7, 11) is 0. The Labute approximate surface area is 140 Å². The van der Waals surface area contributed by atoms with Crippen molar-refractivity contribution in [3.8, 4) is 0 Å². The van der Waals surface area contributed by atoms with Crippen LogP contribution < -0.4 is 10.6 Å². The lowest BCUT2D eigenvalue weighted by atomic mass is 9.64. The largest absolute Gasteiger partial charge is 0.394 e. The first-order valence-electron chi connectivity index (χ1n) is 8.14. The van der Waals surface area contributed by atoms with Crippen molar-refractivity contribution in [2.45, 2.75) is 58.5 Å². The predicted molar refractivity (Wildman–Crippen MR) is 87.0 cm³/mol. The van der Waals surface area contributed by atoms with Crippen molar-refractivity contribution in [1.29, 1.82) is 0 Å². The van der Waals surface area contributed by atoms with E-state index in [1.54, 1.807) is 0 Å². The number of hydrogen-bond donors (Lipinski definition) is 3. The summed E-state index contributed by atoms with van der Waals surface area (Å²) < 4.78 is 25.7. The Hall–Kier alpha value is -1.70. The monoisotopic (exact) mass is 344 g/mol. The van der Waals surface area contributed by atoms with E-state index in [4.69, 9.17) is 0 Å². The summed E-state index contributed by atoms with van der Waals surface area (Å²) in [4.78, 5) is 12.3. The molecule has 6 nitrogen and oxygen atoms in total. The number of halogens is 2. The van der Waals surface area contributed by atoms with Gasteiger partial charge in [0.25, 0.3) is 6.43 Å². The molecule has 0 saturated heterocycles. The maximum Gasteiger partial charge on any atom is 0.319 e. The summed E-state index contributed by atoms with van der Waals surface area (Å²) in [5, 5.41) is 19.1. The lowest BCUT2D eigenvalue weighted by Crippen LogP contribution is -2.58. The molecule has 0 aliphatic heterocycles. The Morgan fingerprint density at radius 3 is 2.79 bits per heavy atom. The van der Waals surface area contributed by atoms with Crippen molar-refractivity contribution in [3.05, 3.63) is 12.4 Å². The second-order valence-corrected chi connectivity index (χ2v) is 7.71. The second kappa shape index (κ2) is 7.04. The van der Waals surface area contributed by atoms with Crippen LogP contribution in [0.2, 0.25) is 0 Å². The van der Waals surface area contributed by atoms with Crippen LogP contribution in [-0.4, -0.2) is 39.5 Å². The van der Waals surface area contributed by atoms with Crippen LogP contribution in [0.5, 0.6) is 0 Å². The Morgan fingerprint density at radius 1 is 1.50 bits per heavy atom. The number of carbonyl (C=O) groups excluding carboxylic acids is 1. The maximum atomic E-state index is 12.3. The molecule has 1 aromatic rings. The van der Waals surface area contributed by atoms with Crippen molar-refractivity contribution >= 4 is 11.7 Å². The van der Waals surface area contributed by atoms with Crippen molar-refractivity contribution in [1.82, 2.24) is 15.1 Å². The average Bonchev–Trinajstić information content (AvgIpc) is 2.82. The zero-order valence-corrected chi connectivity index (χ0v) is 14.4. The van der Waals surface area contributed by atoms with E-state index >= 15 is 0 Å². The molecule has 1 heterocycles. The fraction of sp³-hybridized carbons (Fsp3) is 0.750. The summed E-state index contributed by atoms with van der Waals surface area (Å²) in [6, 6.07) is -0.467. The third-order valence-electron chi connectivity index (χ3n) is 4.35. The van der Waals surface area contributed by atoms with Gasteiger partial charge < -0.3 is 15.7 Å². The highest BCUT2D eigenvalue weighted by molar-refractivity contribution is 5.89. The van der Waals surface area contributed by atoms with E-state index in [2.05, 4.69) is 36.5 Å². The molecule has 1 aromatic heterocycles. The first-order chi connectivity index (χ1) is 11.1. The van der Waals surface area contributed by atoms with Crippen LogP contribution in [0.4, 0.5) is 19.3 Å². The quantitative estimate of drug-likeness (QED) is 0.768. The number of urea groups is 1. The van der Waals surface area contributed by atoms with Crippen LogP contribution in [0, 0.1) is 11.3 Å². The van der Waals surface area contributed by atoms with Gasteiger partial charge in [-0.2, -0.15) is 5.10 Å². The number of carbonyl (C=O) groups is 1. The number of aromatic nitrogens is 2. The average molecular weight is 344 g/mol. The number of nitrogens with zero attached hydrogens (tertiary/aromatic N) is 2. The minimum Gasteiger partial charge on any atom is -0.394 e. The van der Waals surface area contributed by atoms with Gasteiger partial charge in [-0.25, -0.2) is 13.6 Å². The van der Waals surface area contributed by atoms with Crippen molar-refractivity contribution in [3.63, 3.8) is 0 Å². The highest BCUT2D eigenvalue weighted by atomic mass is 19.3. The second-order valence-electron chi connectivity index (χ2n) is 7.71. The number of anilines is 1. The highest BCUT2D eigenvalue weighted by Crippen LogP contribution is 2.43. The van der Waals surface area contributed by atoms with Crippen molar-refractivity contribution in [2.75, 3.05) is 11.9 Å². The Bertz CT molecular complexity index is 576. The topological polar surface area (TPSA) is 79.2 Å². The summed E-state index contributed by atoms with van der Waals surface area (Å²) in [6.45, 7) is 5.70. The van der Waals surface area contributed by atoms with Crippen molar-refractivity contribution < 1.29 is 18.7 Å². The molecule has 1 aliphatic carbocycles. The summed E-state index contributed by atoms with van der Waals surface area (Å²) >= 11 is 0. The first-order valence-corrected chi connectivity index (χ1v) is 8.14. The number of aliphatic hydroxyl groups is 1. The van der Waals surface area contributed by atoms with E-state index in [1.165, 1.54) is 12.4 Å². The lowest BCUT2D eigenvalue weighted by Gasteiger charge is -2.47. The zero-order valence-electron chi connectivity index (χ0n) is 14.4. The minimum absolute atomic E-state index is 0.0236. The molecular formula is C16H26F2N4O2. The molecule has 8 heteroatoms. The molecule has 1 fully saturated rings. The Balaban J connectivity index is 2.00. The van der Waals surface area contributed by atoms with Crippen molar-refractivity contribution in [2.24, 2.45) is 11.3 Å². The van der Waals surface area contributed by atoms with Crippen LogP contribution in [0.3, 0.4) is 0 Å². The fourth-order valence-electron chi connectivity index (χ4n) is 4.07. The number of rotatable bonds is 5. The fourth-order valence-corrected chi connectivity index (χ4v) is 4.07. The van der Waals surface area contributed by atoms with Crippen LogP contribution in [0.25, 0.3) is 0 Å². The standard InChI is InChI=1S/C16H26F2N4O2/c1-11-4-15(2,3)9-16(5-11,10-23)21-14(24)20-12-6-19-22(7-12)8-13(17)18/h6-7,11,13,23H,4-5,8-10H2,1-3H3,(H2,20,21,24). The molecule has 0 bridgehead atoms. The molecule has 1 saturated carbocycles. The molecule has 24 heavy (non-hydrogen) atoms.